The second-order valence-corrected chi connectivity index (χ2v) is 2.62. The Labute approximate surface area is 70.4 Å². The van der Waals surface area contributed by atoms with Crippen LogP contribution in [0.5, 0.6) is 0 Å². The van der Waals surface area contributed by atoms with Gasteiger partial charge in [0.2, 0.25) is 5.56 Å². The van der Waals surface area contributed by atoms with Crippen LogP contribution in [0.1, 0.15) is 29.9 Å². The summed E-state index contributed by atoms with van der Waals surface area (Å²) in [6.07, 6.45) is 0.672. The monoisotopic (exact) mass is 165 g/mol. The summed E-state index contributed by atoms with van der Waals surface area (Å²) in [5.74, 6) is -0.0110. The van der Waals surface area contributed by atoms with Gasteiger partial charge in [0.15, 0.2) is 5.78 Å². The molecule has 0 spiro atoms. The molecule has 0 unspecified atom stereocenters. The average molecular weight is 165 g/mol. The summed E-state index contributed by atoms with van der Waals surface area (Å²) in [6.45, 7) is 3.39. The lowest BCUT2D eigenvalue weighted by molar-refractivity contribution is 0.101. The quantitative estimate of drug-likeness (QED) is 0.668. The van der Waals surface area contributed by atoms with E-state index in [-0.39, 0.29) is 11.3 Å². The maximum Gasteiger partial charge on any atom is 0.248 e. The average Bonchev–Trinajstić information content (AvgIpc) is 2.03. The highest BCUT2D eigenvalue weighted by Crippen LogP contribution is 2.04. The van der Waals surface area contributed by atoms with E-state index in [0.717, 1.165) is 5.69 Å². The highest BCUT2D eigenvalue weighted by Gasteiger charge is 2.04. The van der Waals surface area contributed by atoms with Gasteiger partial charge in [-0.25, -0.2) is 0 Å². The summed E-state index contributed by atoms with van der Waals surface area (Å²) in [6, 6.07) is 2.94. The number of hydrogen-bond acceptors (Lipinski definition) is 2. The first-order chi connectivity index (χ1) is 5.65. The number of pyridine rings is 1. The lowest BCUT2D eigenvalue weighted by Crippen LogP contribution is -2.11. The van der Waals surface area contributed by atoms with Crippen LogP contribution in [0.15, 0.2) is 16.9 Å². The van der Waals surface area contributed by atoms with Gasteiger partial charge >= 0.3 is 0 Å². The molecule has 0 bridgehead atoms. The van der Waals surface area contributed by atoms with Gasteiger partial charge in [-0.3, -0.25) is 9.59 Å². The van der Waals surface area contributed by atoms with Crippen molar-refractivity contribution >= 4 is 5.78 Å². The predicted octanol–water partition coefficient (Wildman–Crippen LogP) is 1.14. The van der Waals surface area contributed by atoms with E-state index in [2.05, 4.69) is 4.98 Å². The summed E-state index contributed by atoms with van der Waals surface area (Å²) in [5.41, 5.74) is 1.17. The second-order valence-electron chi connectivity index (χ2n) is 2.62. The van der Waals surface area contributed by atoms with E-state index in [0.29, 0.717) is 12.0 Å². The Morgan fingerprint density at radius 2 is 2.17 bits per heavy atom. The molecule has 0 radical (unpaired) electrons. The molecular formula is C9H11NO2. The molecule has 12 heavy (non-hydrogen) atoms. The highest BCUT2D eigenvalue weighted by atomic mass is 16.1. The van der Waals surface area contributed by atoms with Crippen molar-refractivity contribution in [3.05, 3.63) is 33.7 Å². The van der Waals surface area contributed by atoms with E-state index in [4.69, 9.17) is 0 Å². The summed E-state index contributed by atoms with van der Waals surface area (Å²) < 4.78 is 0. The van der Waals surface area contributed by atoms with Crippen molar-refractivity contribution in [2.24, 2.45) is 0 Å². The van der Waals surface area contributed by atoms with Crippen LogP contribution >= 0.6 is 0 Å². The molecule has 0 aliphatic rings. The van der Waals surface area contributed by atoms with Crippen molar-refractivity contribution in [2.45, 2.75) is 20.3 Å². The Hall–Kier alpha value is -1.38. The predicted molar refractivity (Wildman–Crippen MR) is 46.4 cm³/mol. The smallest absolute Gasteiger partial charge is 0.248 e. The SMILES string of the molecule is CCc1[nH]c(=O)ccc1C(C)=O. The number of H-pyrrole nitrogens is 1. The van der Waals surface area contributed by atoms with Crippen molar-refractivity contribution in [3.63, 3.8) is 0 Å². The number of nitrogens with one attached hydrogen (secondary N) is 1. The Kier molecular flexibility index (Phi) is 2.43. The molecule has 0 amide bonds. The Morgan fingerprint density at radius 3 is 2.67 bits per heavy atom. The minimum Gasteiger partial charge on any atom is -0.326 e. The third-order valence-corrected chi connectivity index (χ3v) is 1.73. The van der Waals surface area contributed by atoms with Crippen molar-refractivity contribution in [2.75, 3.05) is 0 Å². The Bertz CT molecular complexity index is 352. The van der Waals surface area contributed by atoms with Gasteiger partial charge in [0.25, 0.3) is 0 Å². The molecule has 1 N–H and O–H groups in total. The standard InChI is InChI=1S/C9H11NO2/c1-3-8-7(6(2)11)4-5-9(12)10-8/h4-5H,3H2,1-2H3,(H,10,12). The molecule has 1 aromatic heterocycles. The molecule has 3 heteroatoms. The van der Waals surface area contributed by atoms with E-state index in [1.165, 1.54) is 13.0 Å². The van der Waals surface area contributed by atoms with Crippen LogP contribution in [0, 0.1) is 0 Å². The van der Waals surface area contributed by atoms with Crippen molar-refractivity contribution < 1.29 is 4.79 Å². The first-order valence-corrected chi connectivity index (χ1v) is 3.88. The van der Waals surface area contributed by atoms with Crippen LogP contribution < -0.4 is 5.56 Å². The van der Waals surface area contributed by atoms with Gasteiger partial charge in [-0.15, -0.1) is 0 Å². The number of ketones is 1. The molecule has 0 aromatic carbocycles. The van der Waals surface area contributed by atoms with Crippen LogP contribution in [0.2, 0.25) is 0 Å². The van der Waals surface area contributed by atoms with E-state index in [9.17, 15) is 9.59 Å². The molecule has 1 aromatic rings. The van der Waals surface area contributed by atoms with Crippen molar-refractivity contribution in [3.8, 4) is 0 Å². The molecule has 64 valence electrons. The Balaban J connectivity index is 3.29. The van der Waals surface area contributed by atoms with Crippen LogP contribution in [0.25, 0.3) is 0 Å². The highest BCUT2D eigenvalue weighted by molar-refractivity contribution is 5.95. The third kappa shape index (κ3) is 1.61. The summed E-state index contributed by atoms with van der Waals surface area (Å²) in [7, 11) is 0. The molecule has 1 rings (SSSR count). The topological polar surface area (TPSA) is 49.9 Å². The zero-order chi connectivity index (χ0) is 9.14. The van der Waals surface area contributed by atoms with Gasteiger partial charge in [-0.05, 0) is 19.4 Å². The van der Waals surface area contributed by atoms with Crippen LogP contribution in [0.3, 0.4) is 0 Å². The third-order valence-electron chi connectivity index (χ3n) is 1.73. The molecule has 0 atom stereocenters. The molecule has 0 saturated heterocycles. The van der Waals surface area contributed by atoms with Crippen LogP contribution in [-0.4, -0.2) is 10.8 Å². The number of aromatic amines is 1. The maximum absolute atomic E-state index is 11.0. The fourth-order valence-corrected chi connectivity index (χ4v) is 1.13. The summed E-state index contributed by atoms with van der Waals surface area (Å²) in [4.78, 5) is 24.5. The molecule has 0 aliphatic carbocycles. The fraction of sp³-hybridized carbons (Fsp3) is 0.333. The number of Topliss-reactive ketones (excluding diaryl/α,β-unsaturated/α-hetero) is 1. The largest absolute Gasteiger partial charge is 0.326 e. The van der Waals surface area contributed by atoms with E-state index >= 15 is 0 Å². The van der Waals surface area contributed by atoms with Gasteiger partial charge in [0.05, 0.1) is 0 Å². The molecule has 0 saturated carbocycles. The zero-order valence-electron chi connectivity index (χ0n) is 7.18. The van der Waals surface area contributed by atoms with E-state index < -0.39 is 0 Å². The van der Waals surface area contributed by atoms with Gasteiger partial charge in [0.1, 0.15) is 0 Å². The molecule has 0 aliphatic heterocycles. The molecule has 1 heterocycles. The fourth-order valence-electron chi connectivity index (χ4n) is 1.13. The molecule has 0 fully saturated rings. The van der Waals surface area contributed by atoms with Gasteiger partial charge in [-0.1, -0.05) is 6.92 Å². The number of aromatic nitrogens is 1. The van der Waals surface area contributed by atoms with Gasteiger partial charge in [-0.2, -0.15) is 0 Å². The number of carbonyl (C=O) groups excluding carboxylic acids is 1. The van der Waals surface area contributed by atoms with E-state index in [1.54, 1.807) is 6.07 Å². The molecular weight excluding hydrogens is 154 g/mol. The van der Waals surface area contributed by atoms with Crippen molar-refractivity contribution in [1.29, 1.82) is 0 Å². The van der Waals surface area contributed by atoms with Crippen LogP contribution in [0.4, 0.5) is 0 Å². The van der Waals surface area contributed by atoms with Gasteiger partial charge < -0.3 is 4.98 Å². The first kappa shape index (κ1) is 8.71. The number of rotatable bonds is 2. The normalized spacial score (nSPS) is 9.83. The van der Waals surface area contributed by atoms with E-state index in [1.807, 2.05) is 6.92 Å². The summed E-state index contributed by atoms with van der Waals surface area (Å²) in [5, 5.41) is 0. The van der Waals surface area contributed by atoms with Crippen LogP contribution in [-0.2, 0) is 6.42 Å². The minimum absolute atomic E-state index is 0.0110. The summed E-state index contributed by atoms with van der Waals surface area (Å²) >= 11 is 0. The van der Waals surface area contributed by atoms with Crippen molar-refractivity contribution in [1.82, 2.24) is 4.98 Å². The number of hydrogen-bond donors (Lipinski definition) is 1. The molecule has 3 nitrogen and oxygen atoms in total. The Morgan fingerprint density at radius 1 is 1.50 bits per heavy atom. The zero-order valence-corrected chi connectivity index (χ0v) is 7.18. The number of carbonyl (C=O) groups is 1. The minimum atomic E-state index is -0.156. The number of aryl methyl sites for hydroxylation is 1. The second kappa shape index (κ2) is 3.34. The first-order valence-electron chi connectivity index (χ1n) is 3.88. The maximum atomic E-state index is 11.0. The van der Waals surface area contributed by atoms with Gasteiger partial charge in [0, 0.05) is 17.3 Å². The lowest BCUT2D eigenvalue weighted by atomic mass is 10.1. The lowest BCUT2D eigenvalue weighted by Gasteiger charge is -2.01.